The third-order valence-corrected chi connectivity index (χ3v) is 4.42. The van der Waals surface area contributed by atoms with E-state index in [0.717, 1.165) is 25.9 Å². The van der Waals surface area contributed by atoms with Gasteiger partial charge >= 0.3 is 0 Å². The van der Waals surface area contributed by atoms with Gasteiger partial charge in [-0.3, -0.25) is 14.9 Å². The minimum absolute atomic E-state index is 0. The van der Waals surface area contributed by atoms with Crippen molar-refractivity contribution in [2.24, 2.45) is 11.8 Å². The van der Waals surface area contributed by atoms with Gasteiger partial charge in [-0.1, -0.05) is 13.0 Å². The first kappa shape index (κ1) is 19.4. The fourth-order valence-corrected chi connectivity index (χ4v) is 2.98. The number of nitro groups is 1. The molecule has 0 bridgehead atoms. The van der Waals surface area contributed by atoms with Crippen molar-refractivity contribution in [3.63, 3.8) is 0 Å². The monoisotopic (exact) mass is 341 g/mol. The predicted octanol–water partition coefficient (Wildman–Crippen LogP) is 3.29. The number of nitrogens with zero attached hydrogens (tertiary/aromatic N) is 1. The van der Waals surface area contributed by atoms with E-state index in [1.54, 1.807) is 19.1 Å². The highest BCUT2D eigenvalue weighted by Gasteiger charge is 2.22. The Morgan fingerprint density at radius 2 is 2.26 bits per heavy atom. The maximum Gasteiger partial charge on any atom is 0.274 e. The second-order valence-electron chi connectivity index (χ2n) is 6.04. The lowest BCUT2D eigenvalue weighted by Crippen LogP contribution is -2.34. The van der Waals surface area contributed by atoms with E-state index in [1.807, 2.05) is 0 Å². The molecule has 1 aliphatic rings. The van der Waals surface area contributed by atoms with E-state index >= 15 is 0 Å². The molecule has 0 spiro atoms. The van der Waals surface area contributed by atoms with Crippen LogP contribution in [0.3, 0.4) is 0 Å². The van der Waals surface area contributed by atoms with Crippen LogP contribution >= 0.6 is 12.4 Å². The quantitative estimate of drug-likeness (QED) is 0.635. The third-order valence-electron chi connectivity index (χ3n) is 4.42. The Balaban J connectivity index is 0.00000264. The average molecular weight is 342 g/mol. The van der Waals surface area contributed by atoms with Crippen LogP contribution in [-0.2, 0) is 4.79 Å². The summed E-state index contributed by atoms with van der Waals surface area (Å²) in [4.78, 5) is 22.7. The normalized spacial score (nSPS) is 18.6. The number of nitrogens with one attached hydrogen (secondary N) is 2. The molecule has 1 aromatic carbocycles. The lowest BCUT2D eigenvalue weighted by atomic mass is 9.85. The molecule has 1 heterocycles. The summed E-state index contributed by atoms with van der Waals surface area (Å²) >= 11 is 0. The molecule has 0 radical (unpaired) electrons. The molecule has 0 aromatic heterocycles. The van der Waals surface area contributed by atoms with Gasteiger partial charge in [-0.25, -0.2) is 0 Å². The van der Waals surface area contributed by atoms with Crippen molar-refractivity contribution < 1.29 is 9.72 Å². The van der Waals surface area contributed by atoms with Crippen LogP contribution in [0.4, 0.5) is 11.4 Å². The fourth-order valence-electron chi connectivity index (χ4n) is 2.98. The van der Waals surface area contributed by atoms with Gasteiger partial charge in [0.15, 0.2) is 0 Å². The van der Waals surface area contributed by atoms with Crippen LogP contribution in [0.5, 0.6) is 0 Å². The summed E-state index contributed by atoms with van der Waals surface area (Å²) in [6, 6.07) is 4.74. The van der Waals surface area contributed by atoms with Gasteiger partial charge in [-0.2, -0.15) is 0 Å². The zero-order valence-corrected chi connectivity index (χ0v) is 14.3. The smallest absolute Gasteiger partial charge is 0.274 e. The molecule has 1 amide bonds. The number of anilines is 1. The van der Waals surface area contributed by atoms with Crippen molar-refractivity contribution >= 4 is 29.7 Å². The van der Waals surface area contributed by atoms with E-state index < -0.39 is 4.92 Å². The second-order valence-corrected chi connectivity index (χ2v) is 6.04. The summed E-state index contributed by atoms with van der Waals surface area (Å²) in [7, 11) is 0. The number of benzene rings is 1. The van der Waals surface area contributed by atoms with Crippen molar-refractivity contribution in [3.05, 3.63) is 33.9 Å². The van der Waals surface area contributed by atoms with Crippen LogP contribution in [0.1, 0.15) is 31.7 Å². The van der Waals surface area contributed by atoms with Crippen molar-refractivity contribution in [2.45, 2.75) is 33.1 Å². The number of rotatable bonds is 5. The van der Waals surface area contributed by atoms with Gasteiger partial charge in [0.1, 0.15) is 0 Å². The van der Waals surface area contributed by atoms with Crippen LogP contribution < -0.4 is 10.6 Å². The minimum Gasteiger partial charge on any atom is -0.326 e. The lowest BCUT2D eigenvalue weighted by Gasteiger charge is -2.28. The van der Waals surface area contributed by atoms with Gasteiger partial charge in [0.25, 0.3) is 5.69 Å². The number of hydrogen-bond acceptors (Lipinski definition) is 4. The second kappa shape index (κ2) is 8.84. The molecule has 2 atom stereocenters. The standard InChI is InChI=1S/C16H23N3O3.ClH/c1-11(13-5-4-8-17-10-13)9-16(20)18-14-6-3-7-15(12(14)2)19(21)22;/h3,6-7,11,13,17H,4-5,8-10H2,1-2H3,(H,18,20);1H. The van der Waals surface area contributed by atoms with Gasteiger partial charge < -0.3 is 10.6 Å². The molecule has 1 saturated heterocycles. The maximum absolute atomic E-state index is 12.2. The number of piperidine rings is 1. The Morgan fingerprint density at radius 3 is 2.87 bits per heavy atom. The average Bonchev–Trinajstić information content (AvgIpc) is 2.50. The molecule has 7 heteroatoms. The van der Waals surface area contributed by atoms with Crippen molar-refractivity contribution in [1.29, 1.82) is 0 Å². The van der Waals surface area contributed by atoms with Crippen molar-refractivity contribution in [1.82, 2.24) is 5.32 Å². The number of halogens is 1. The molecule has 0 saturated carbocycles. The SMILES string of the molecule is Cc1c(NC(=O)CC(C)C2CCCNC2)cccc1[N+](=O)[O-].Cl. The zero-order valence-electron chi connectivity index (χ0n) is 13.5. The first-order valence-electron chi connectivity index (χ1n) is 7.73. The Labute approximate surface area is 142 Å². The van der Waals surface area contributed by atoms with Crippen LogP contribution in [0, 0.1) is 28.9 Å². The van der Waals surface area contributed by atoms with Gasteiger partial charge in [0.2, 0.25) is 5.91 Å². The van der Waals surface area contributed by atoms with E-state index in [4.69, 9.17) is 0 Å². The van der Waals surface area contributed by atoms with Crippen LogP contribution in [0.2, 0.25) is 0 Å². The molecule has 0 aliphatic carbocycles. The van der Waals surface area contributed by atoms with Crippen LogP contribution in [0.25, 0.3) is 0 Å². The molecule has 128 valence electrons. The summed E-state index contributed by atoms with van der Waals surface area (Å²) in [5.41, 5.74) is 1.04. The lowest BCUT2D eigenvalue weighted by molar-refractivity contribution is -0.385. The summed E-state index contributed by atoms with van der Waals surface area (Å²) < 4.78 is 0. The van der Waals surface area contributed by atoms with Gasteiger partial charge in [-0.05, 0) is 50.8 Å². The van der Waals surface area contributed by atoms with E-state index in [2.05, 4.69) is 17.6 Å². The number of carbonyl (C=O) groups is 1. The van der Waals surface area contributed by atoms with Crippen molar-refractivity contribution in [3.8, 4) is 0 Å². The molecule has 2 rings (SSSR count). The first-order valence-corrected chi connectivity index (χ1v) is 7.73. The highest BCUT2D eigenvalue weighted by atomic mass is 35.5. The first-order chi connectivity index (χ1) is 10.5. The predicted molar refractivity (Wildman–Crippen MR) is 93.1 cm³/mol. The topological polar surface area (TPSA) is 84.3 Å². The summed E-state index contributed by atoms with van der Waals surface area (Å²) in [5, 5.41) is 17.1. The number of nitro benzene ring substituents is 1. The van der Waals surface area contributed by atoms with Gasteiger partial charge in [0, 0.05) is 12.5 Å². The summed E-state index contributed by atoms with van der Waals surface area (Å²) in [6.07, 6.45) is 2.74. The Hall–Kier alpha value is -1.66. The highest BCUT2D eigenvalue weighted by molar-refractivity contribution is 5.92. The van der Waals surface area contributed by atoms with E-state index in [1.165, 1.54) is 6.07 Å². The number of amides is 1. The van der Waals surface area contributed by atoms with E-state index in [-0.39, 0.29) is 24.0 Å². The van der Waals surface area contributed by atoms with Gasteiger partial charge in [-0.15, -0.1) is 12.4 Å². The summed E-state index contributed by atoms with van der Waals surface area (Å²) in [6.45, 7) is 5.77. The summed E-state index contributed by atoms with van der Waals surface area (Å²) in [5.74, 6) is 0.735. The van der Waals surface area contributed by atoms with Crippen LogP contribution in [0.15, 0.2) is 18.2 Å². The molecular formula is C16H24ClN3O3. The maximum atomic E-state index is 12.2. The Bertz CT molecular complexity index is 560. The molecule has 1 aromatic rings. The molecule has 23 heavy (non-hydrogen) atoms. The molecular weight excluding hydrogens is 318 g/mol. The molecule has 1 aliphatic heterocycles. The Kier molecular flexibility index (Phi) is 7.45. The van der Waals surface area contributed by atoms with E-state index in [9.17, 15) is 14.9 Å². The molecule has 6 nitrogen and oxygen atoms in total. The highest BCUT2D eigenvalue weighted by Crippen LogP contribution is 2.26. The number of carbonyl (C=O) groups excluding carboxylic acids is 1. The largest absolute Gasteiger partial charge is 0.326 e. The molecule has 2 unspecified atom stereocenters. The van der Waals surface area contributed by atoms with Crippen molar-refractivity contribution in [2.75, 3.05) is 18.4 Å². The zero-order chi connectivity index (χ0) is 16.1. The molecule has 1 fully saturated rings. The fraction of sp³-hybridized carbons (Fsp3) is 0.562. The van der Waals surface area contributed by atoms with Gasteiger partial charge in [0.05, 0.1) is 16.2 Å². The van der Waals surface area contributed by atoms with E-state index in [0.29, 0.717) is 29.5 Å². The Morgan fingerprint density at radius 1 is 1.52 bits per heavy atom. The van der Waals surface area contributed by atoms with Crippen LogP contribution in [-0.4, -0.2) is 23.9 Å². The third kappa shape index (κ3) is 5.18. The number of hydrogen-bond donors (Lipinski definition) is 2. The minimum atomic E-state index is -0.429. The molecule has 2 N–H and O–H groups in total.